The maximum Gasteiger partial charge on any atom is 0.274 e. The lowest BCUT2D eigenvalue weighted by Gasteiger charge is -2.08. The van der Waals surface area contributed by atoms with Gasteiger partial charge in [0.1, 0.15) is 0 Å². The van der Waals surface area contributed by atoms with Crippen molar-refractivity contribution in [1.29, 1.82) is 0 Å². The number of hydrogen-bond donors (Lipinski definition) is 1. The summed E-state index contributed by atoms with van der Waals surface area (Å²) in [6.07, 6.45) is 1.49. The third-order valence-corrected chi connectivity index (χ3v) is 4.29. The van der Waals surface area contributed by atoms with Gasteiger partial charge in [0.15, 0.2) is 0 Å². The molecule has 0 unspecified atom stereocenters. The van der Waals surface area contributed by atoms with Gasteiger partial charge < -0.3 is 0 Å². The number of aryl methyl sites for hydroxylation is 1. The summed E-state index contributed by atoms with van der Waals surface area (Å²) in [7, 11) is 1.78. The fourth-order valence-corrected chi connectivity index (χ4v) is 2.84. The minimum Gasteiger partial charge on any atom is -0.279 e. The van der Waals surface area contributed by atoms with Gasteiger partial charge in [-0.05, 0) is 37.6 Å². The van der Waals surface area contributed by atoms with Crippen LogP contribution in [0.4, 0.5) is 0 Å². The second-order valence-corrected chi connectivity index (χ2v) is 6.00. The minimum absolute atomic E-state index is 0.120. The lowest BCUT2D eigenvalue weighted by molar-refractivity contribution is 0.0954. The van der Waals surface area contributed by atoms with Gasteiger partial charge in [0.2, 0.25) is 0 Å². The summed E-state index contributed by atoms with van der Waals surface area (Å²) in [5, 5.41) is 4.03. The average molecular weight is 348 g/mol. The average Bonchev–Trinajstić information content (AvgIpc) is 2.86. The molecule has 0 aliphatic rings. The van der Waals surface area contributed by atoms with E-state index in [4.69, 9.17) is 0 Å². The lowest BCUT2D eigenvalue weighted by Crippen LogP contribution is -2.20. The molecule has 0 fully saturated rings. The quantitative estimate of drug-likeness (QED) is 0.581. The summed E-state index contributed by atoms with van der Waals surface area (Å²) < 4.78 is 3.29. The molecule has 2 aromatic carbocycles. The third-order valence-electron chi connectivity index (χ3n) is 4.29. The molecule has 1 N–H and O–H groups in total. The van der Waals surface area contributed by atoms with E-state index in [1.807, 2.05) is 49.4 Å². The Morgan fingerprint density at radius 2 is 1.69 bits per heavy atom. The van der Waals surface area contributed by atoms with E-state index in [1.165, 1.54) is 6.21 Å². The van der Waals surface area contributed by atoms with Gasteiger partial charge in [-0.1, -0.05) is 36.4 Å². The van der Waals surface area contributed by atoms with Crippen molar-refractivity contribution in [2.75, 3.05) is 0 Å². The Bertz CT molecular complexity index is 1030. The molecule has 0 aliphatic carbocycles. The van der Waals surface area contributed by atoms with Crippen LogP contribution in [0.2, 0.25) is 0 Å². The van der Waals surface area contributed by atoms with E-state index in [0.29, 0.717) is 16.8 Å². The Kier molecular flexibility index (Phi) is 4.84. The normalized spacial score (nSPS) is 11.0. The van der Waals surface area contributed by atoms with Gasteiger partial charge in [-0.2, -0.15) is 5.10 Å². The van der Waals surface area contributed by atoms with E-state index in [9.17, 15) is 9.59 Å². The molecule has 3 aromatic rings. The topological polar surface area (TPSA) is 68.4 Å². The molecule has 6 nitrogen and oxygen atoms in total. The van der Waals surface area contributed by atoms with Crippen LogP contribution in [0.15, 0.2) is 64.5 Å². The van der Waals surface area contributed by atoms with Crippen molar-refractivity contribution in [2.24, 2.45) is 12.1 Å². The fraction of sp³-hybridized carbons (Fsp3) is 0.150. The van der Waals surface area contributed by atoms with Crippen LogP contribution in [0.3, 0.4) is 0 Å². The second-order valence-electron chi connectivity index (χ2n) is 6.00. The molecular formula is C20H20N4O2. The maximum atomic E-state index is 12.6. The number of amides is 1. The monoisotopic (exact) mass is 348 g/mol. The van der Waals surface area contributed by atoms with E-state index in [-0.39, 0.29) is 11.5 Å². The molecule has 1 heterocycles. The highest BCUT2D eigenvalue weighted by atomic mass is 16.2. The molecule has 132 valence electrons. The zero-order valence-electron chi connectivity index (χ0n) is 14.9. The molecule has 0 spiro atoms. The number of benzene rings is 2. The highest BCUT2D eigenvalue weighted by Gasteiger charge is 2.14. The number of nitrogens with zero attached hydrogens (tertiary/aromatic N) is 3. The second kappa shape index (κ2) is 7.23. The molecule has 0 saturated carbocycles. The Balaban J connectivity index is 1.87. The number of carbonyl (C=O) groups is 1. The van der Waals surface area contributed by atoms with Crippen LogP contribution in [-0.2, 0) is 7.05 Å². The Hall–Kier alpha value is -3.41. The highest BCUT2D eigenvalue weighted by Crippen LogP contribution is 2.09. The van der Waals surface area contributed by atoms with Gasteiger partial charge in [-0.25, -0.2) is 10.1 Å². The molecule has 6 heteroatoms. The summed E-state index contributed by atoms with van der Waals surface area (Å²) in [4.78, 5) is 24.8. The SMILES string of the molecule is Cc1ccccc1C(=O)N/N=C\c1c(C)c(=O)n(-c2ccccc2)n1C. The number of rotatable bonds is 4. The maximum absolute atomic E-state index is 12.6. The van der Waals surface area contributed by atoms with E-state index in [2.05, 4.69) is 10.5 Å². The van der Waals surface area contributed by atoms with Crippen molar-refractivity contribution >= 4 is 12.1 Å². The van der Waals surface area contributed by atoms with E-state index >= 15 is 0 Å². The van der Waals surface area contributed by atoms with Crippen molar-refractivity contribution in [3.05, 3.63) is 87.3 Å². The van der Waals surface area contributed by atoms with E-state index in [0.717, 1.165) is 11.3 Å². The van der Waals surface area contributed by atoms with Crippen molar-refractivity contribution in [3.8, 4) is 5.69 Å². The first kappa shape index (κ1) is 17.4. The lowest BCUT2D eigenvalue weighted by atomic mass is 10.1. The van der Waals surface area contributed by atoms with Crippen LogP contribution < -0.4 is 11.0 Å². The molecule has 0 saturated heterocycles. The zero-order chi connectivity index (χ0) is 18.7. The summed E-state index contributed by atoms with van der Waals surface area (Å²) in [5.74, 6) is -0.288. The van der Waals surface area contributed by atoms with Gasteiger partial charge in [-0.3, -0.25) is 14.3 Å². The summed E-state index contributed by atoms with van der Waals surface area (Å²) in [5.41, 5.74) is 5.80. The van der Waals surface area contributed by atoms with E-state index < -0.39 is 0 Å². The van der Waals surface area contributed by atoms with Crippen molar-refractivity contribution in [1.82, 2.24) is 14.8 Å². The Morgan fingerprint density at radius 3 is 2.38 bits per heavy atom. The van der Waals surface area contributed by atoms with Crippen molar-refractivity contribution in [2.45, 2.75) is 13.8 Å². The van der Waals surface area contributed by atoms with Gasteiger partial charge >= 0.3 is 0 Å². The standard InChI is InChI=1S/C20H20N4O2/c1-14-9-7-8-12-17(14)19(25)22-21-13-18-15(2)20(26)24(23(18)3)16-10-5-4-6-11-16/h4-13H,1-3H3,(H,22,25)/b21-13-. The van der Waals surface area contributed by atoms with Gasteiger partial charge in [0.05, 0.1) is 17.6 Å². The fourth-order valence-electron chi connectivity index (χ4n) is 2.84. The van der Waals surface area contributed by atoms with Crippen LogP contribution in [0, 0.1) is 13.8 Å². The first-order valence-electron chi connectivity index (χ1n) is 8.23. The summed E-state index contributed by atoms with van der Waals surface area (Å²) in [6.45, 7) is 3.61. The highest BCUT2D eigenvalue weighted by molar-refractivity contribution is 5.96. The summed E-state index contributed by atoms with van der Waals surface area (Å²) >= 11 is 0. The first-order chi connectivity index (χ1) is 12.5. The number of hydrogen-bond acceptors (Lipinski definition) is 3. The molecule has 0 radical (unpaired) electrons. The molecule has 0 atom stereocenters. The smallest absolute Gasteiger partial charge is 0.274 e. The third kappa shape index (κ3) is 3.21. The van der Waals surface area contributed by atoms with Crippen LogP contribution in [-0.4, -0.2) is 21.5 Å². The number of aromatic nitrogens is 2. The number of para-hydroxylation sites is 1. The molecule has 3 rings (SSSR count). The van der Waals surface area contributed by atoms with Gasteiger partial charge in [-0.15, -0.1) is 0 Å². The number of nitrogens with one attached hydrogen (secondary N) is 1. The number of carbonyl (C=O) groups excluding carboxylic acids is 1. The van der Waals surface area contributed by atoms with Crippen molar-refractivity contribution < 1.29 is 4.79 Å². The van der Waals surface area contributed by atoms with Crippen LogP contribution in [0.5, 0.6) is 0 Å². The Labute approximate surface area is 151 Å². The van der Waals surface area contributed by atoms with E-state index in [1.54, 1.807) is 35.5 Å². The first-order valence-corrected chi connectivity index (χ1v) is 8.23. The van der Waals surface area contributed by atoms with Crippen LogP contribution in [0.25, 0.3) is 5.69 Å². The molecule has 0 aliphatic heterocycles. The van der Waals surface area contributed by atoms with Crippen molar-refractivity contribution in [3.63, 3.8) is 0 Å². The number of hydrazone groups is 1. The molecule has 26 heavy (non-hydrogen) atoms. The molecule has 1 aromatic heterocycles. The van der Waals surface area contributed by atoms with Gasteiger partial charge in [0.25, 0.3) is 11.5 Å². The molecule has 1 amide bonds. The minimum atomic E-state index is -0.288. The molecular weight excluding hydrogens is 328 g/mol. The molecule has 0 bridgehead atoms. The largest absolute Gasteiger partial charge is 0.279 e. The Morgan fingerprint density at radius 1 is 1.04 bits per heavy atom. The zero-order valence-corrected chi connectivity index (χ0v) is 14.9. The summed E-state index contributed by atoms with van der Waals surface area (Å²) in [6, 6.07) is 16.7. The van der Waals surface area contributed by atoms with Crippen LogP contribution in [0.1, 0.15) is 27.2 Å². The predicted molar refractivity (Wildman–Crippen MR) is 102 cm³/mol. The van der Waals surface area contributed by atoms with Crippen LogP contribution >= 0.6 is 0 Å². The van der Waals surface area contributed by atoms with Gasteiger partial charge in [0, 0.05) is 18.2 Å². The predicted octanol–water partition coefficient (Wildman–Crippen LogP) is 2.56.